The summed E-state index contributed by atoms with van der Waals surface area (Å²) in [6, 6.07) is 15.3. The number of carbonyl (C=O) groups is 3. The number of aromatic nitrogens is 1. The molecule has 1 aliphatic rings. The number of para-hydroxylation sites is 1. The number of aliphatic hydroxyl groups is 1. The van der Waals surface area contributed by atoms with Gasteiger partial charge in [-0.25, -0.2) is 0 Å². The summed E-state index contributed by atoms with van der Waals surface area (Å²) in [5.74, 6) is -0.713. The molecule has 2 amide bonds. The van der Waals surface area contributed by atoms with Crippen molar-refractivity contribution in [1.29, 1.82) is 0 Å². The van der Waals surface area contributed by atoms with Crippen LogP contribution in [-0.4, -0.2) is 71.4 Å². The van der Waals surface area contributed by atoms with Crippen LogP contribution in [0, 0.1) is 0 Å². The van der Waals surface area contributed by atoms with Crippen LogP contribution in [0.25, 0.3) is 10.9 Å². The number of fused-ring (bicyclic) bond motifs is 1. The van der Waals surface area contributed by atoms with Crippen molar-refractivity contribution >= 4 is 34.2 Å². The van der Waals surface area contributed by atoms with Crippen molar-refractivity contribution in [3.8, 4) is 0 Å². The van der Waals surface area contributed by atoms with Crippen LogP contribution in [0.2, 0.25) is 0 Å². The predicted octanol–water partition coefficient (Wildman–Crippen LogP) is 1.88. The number of rotatable bonds is 6. The number of hydrogen-bond acceptors (Lipinski definition) is 6. The molecular weight excluding hydrogens is 420 g/mol. The zero-order valence-electron chi connectivity index (χ0n) is 18.4. The van der Waals surface area contributed by atoms with Crippen LogP contribution in [0.3, 0.4) is 0 Å². The van der Waals surface area contributed by atoms with Crippen molar-refractivity contribution in [2.75, 3.05) is 37.7 Å². The molecule has 0 bridgehead atoms. The molecule has 1 aliphatic heterocycles. The molecule has 8 nitrogen and oxygen atoms in total. The number of anilines is 1. The lowest BCUT2D eigenvalue weighted by atomic mass is 10.1. The lowest BCUT2D eigenvalue weighted by Gasteiger charge is -2.37. The monoisotopic (exact) mass is 446 g/mol. The Balaban J connectivity index is 1.39. The smallest absolute Gasteiger partial charge is 0.252 e. The second-order valence-electron chi connectivity index (χ2n) is 8.00. The quantitative estimate of drug-likeness (QED) is 0.561. The van der Waals surface area contributed by atoms with Gasteiger partial charge in [0.25, 0.3) is 5.91 Å². The van der Waals surface area contributed by atoms with Crippen LogP contribution < -0.4 is 10.2 Å². The van der Waals surface area contributed by atoms with E-state index in [2.05, 4.69) is 15.2 Å². The highest BCUT2D eigenvalue weighted by Gasteiger charge is 2.29. The number of benzene rings is 2. The molecule has 0 radical (unpaired) electrons. The van der Waals surface area contributed by atoms with E-state index >= 15 is 0 Å². The summed E-state index contributed by atoms with van der Waals surface area (Å²) in [5, 5.41) is 13.2. The minimum Gasteiger partial charge on any atom is -0.394 e. The number of piperazine rings is 1. The van der Waals surface area contributed by atoms with Crippen molar-refractivity contribution in [3.63, 3.8) is 0 Å². The molecule has 33 heavy (non-hydrogen) atoms. The van der Waals surface area contributed by atoms with E-state index < -0.39 is 18.6 Å². The summed E-state index contributed by atoms with van der Waals surface area (Å²) in [6.45, 7) is 3.22. The third kappa shape index (κ3) is 4.85. The number of hydrogen-bond donors (Lipinski definition) is 2. The molecule has 1 fully saturated rings. The van der Waals surface area contributed by atoms with E-state index in [0.29, 0.717) is 48.2 Å². The fraction of sp³-hybridized carbons (Fsp3) is 0.280. The minimum atomic E-state index is -1.02. The Bertz CT molecular complexity index is 1170. The SMILES string of the molecule is CC(=O)c1ccc(N2CCN(C(=O)C(CO)NC(=O)c3ccnc4ccccc34)CC2)cc1. The molecule has 0 saturated carbocycles. The third-order valence-electron chi connectivity index (χ3n) is 5.91. The number of ketones is 1. The first kappa shape index (κ1) is 22.4. The van der Waals surface area contributed by atoms with E-state index in [1.54, 1.807) is 35.4 Å². The van der Waals surface area contributed by atoms with Crippen LogP contribution >= 0.6 is 0 Å². The van der Waals surface area contributed by atoms with Gasteiger partial charge in [0, 0.05) is 49.0 Å². The van der Waals surface area contributed by atoms with E-state index in [1.807, 2.05) is 30.3 Å². The molecule has 0 spiro atoms. The lowest BCUT2D eigenvalue weighted by molar-refractivity contribution is -0.134. The number of pyridine rings is 1. The highest BCUT2D eigenvalue weighted by molar-refractivity contribution is 6.07. The first-order valence-corrected chi connectivity index (χ1v) is 10.9. The maximum Gasteiger partial charge on any atom is 0.252 e. The molecule has 2 aromatic carbocycles. The van der Waals surface area contributed by atoms with Gasteiger partial charge in [0.05, 0.1) is 17.7 Å². The summed E-state index contributed by atoms with van der Waals surface area (Å²) >= 11 is 0. The second-order valence-corrected chi connectivity index (χ2v) is 8.00. The molecule has 0 aliphatic carbocycles. The van der Waals surface area contributed by atoms with Crippen molar-refractivity contribution in [1.82, 2.24) is 15.2 Å². The number of carbonyl (C=O) groups excluding carboxylic acids is 3. The van der Waals surface area contributed by atoms with Gasteiger partial charge < -0.3 is 20.2 Å². The summed E-state index contributed by atoms with van der Waals surface area (Å²) in [7, 11) is 0. The lowest BCUT2D eigenvalue weighted by Crippen LogP contribution is -2.56. The van der Waals surface area contributed by atoms with Gasteiger partial charge in [-0.05, 0) is 43.3 Å². The average Bonchev–Trinajstić information content (AvgIpc) is 2.86. The molecule has 8 heteroatoms. The number of nitrogens with zero attached hydrogens (tertiary/aromatic N) is 3. The Labute approximate surface area is 191 Å². The van der Waals surface area contributed by atoms with E-state index in [-0.39, 0.29) is 11.7 Å². The fourth-order valence-corrected chi connectivity index (χ4v) is 4.03. The standard InChI is InChI=1S/C25H26N4O4/c1-17(31)18-6-8-19(9-7-18)28-12-14-29(15-13-28)25(33)23(16-30)27-24(32)21-10-11-26-22-5-3-2-4-20(21)22/h2-11,23,30H,12-16H2,1H3,(H,27,32). The van der Waals surface area contributed by atoms with Crippen LogP contribution in [0.1, 0.15) is 27.6 Å². The van der Waals surface area contributed by atoms with Crippen LogP contribution in [0.4, 0.5) is 5.69 Å². The number of aliphatic hydroxyl groups excluding tert-OH is 1. The molecule has 2 heterocycles. The van der Waals surface area contributed by atoms with E-state index in [1.165, 1.54) is 6.92 Å². The van der Waals surface area contributed by atoms with Crippen molar-refractivity contribution < 1.29 is 19.5 Å². The zero-order chi connectivity index (χ0) is 23.4. The van der Waals surface area contributed by atoms with Crippen molar-refractivity contribution in [2.24, 2.45) is 0 Å². The van der Waals surface area contributed by atoms with Gasteiger partial charge in [-0.1, -0.05) is 18.2 Å². The molecular formula is C25H26N4O4. The Morgan fingerprint density at radius 1 is 1.00 bits per heavy atom. The zero-order valence-corrected chi connectivity index (χ0v) is 18.4. The maximum absolute atomic E-state index is 13.0. The van der Waals surface area contributed by atoms with E-state index in [9.17, 15) is 19.5 Å². The largest absolute Gasteiger partial charge is 0.394 e. The first-order chi connectivity index (χ1) is 16.0. The molecule has 170 valence electrons. The van der Waals surface area contributed by atoms with E-state index in [0.717, 1.165) is 5.69 Å². The molecule has 3 aromatic rings. The molecule has 1 saturated heterocycles. The minimum absolute atomic E-state index is 0.0221. The number of nitrogens with one attached hydrogen (secondary N) is 1. The topological polar surface area (TPSA) is 103 Å². The molecule has 1 unspecified atom stereocenters. The summed E-state index contributed by atoms with van der Waals surface area (Å²) in [4.78, 5) is 45.4. The van der Waals surface area contributed by atoms with Gasteiger partial charge in [0.2, 0.25) is 5.91 Å². The van der Waals surface area contributed by atoms with E-state index in [4.69, 9.17) is 0 Å². The predicted molar refractivity (Wildman–Crippen MR) is 125 cm³/mol. The Hall–Kier alpha value is -3.78. The van der Waals surface area contributed by atoms with Crippen molar-refractivity contribution in [3.05, 3.63) is 71.9 Å². The number of amides is 2. The Morgan fingerprint density at radius 3 is 2.36 bits per heavy atom. The molecule has 2 N–H and O–H groups in total. The van der Waals surface area contributed by atoms with Crippen molar-refractivity contribution in [2.45, 2.75) is 13.0 Å². The normalized spacial score (nSPS) is 14.7. The first-order valence-electron chi connectivity index (χ1n) is 10.9. The van der Waals surface area contributed by atoms with Crippen LogP contribution in [-0.2, 0) is 4.79 Å². The van der Waals surface area contributed by atoms with Gasteiger partial charge in [-0.3, -0.25) is 19.4 Å². The van der Waals surface area contributed by atoms with Gasteiger partial charge in [-0.2, -0.15) is 0 Å². The molecule has 1 atom stereocenters. The average molecular weight is 447 g/mol. The highest BCUT2D eigenvalue weighted by Crippen LogP contribution is 2.19. The highest BCUT2D eigenvalue weighted by atomic mass is 16.3. The Morgan fingerprint density at radius 2 is 1.70 bits per heavy atom. The molecule has 1 aromatic heterocycles. The fourth-order valence-electron chi connectivity index (χ4n) is 4.03. The second kappa shape index (κ2) is 9.79. The van der Waals surface area contributed by atoms with Gasteiger partial charge in [0.1, 0.15) is 6.04 Å². The maximum atomic E-state index is 13.0. The number of Topliss-reactive ketones (excluding diaryl/α,β-unsaturated/α-hetero) is 1. The third-order valence-corrected chi connectivity index (χ3v) is 5.91. The van der Waals surface area contributed by atoms with Crippen LogP contribution in [0.5, 0.6) is 0 Å². The van der Waals surface area contributed by atoms with Gasteiger partial charge in [0.15, 0.2) is 5.78 Å². The van der Waals surface area contributed by atoms with Gasteiger partial charge >= 0.3 is 0 Å². The summed E-state index contributed by atoms with van der Waals surface area (Å²) in [6.07, 6.45) is 1.55. The summed E-state index contributed by atoms with van der Waals surface area (Å²) < 4.78 is 0. The van der Waals surface area contributed by atoms with Crippen LogP contribution in [0.15, 0.2) is 60.8 Å². The molecule has 4 rings (SSSR count). The Kier molecular flexibility index (Phi) is 6.65. The summed E-state index contributed by atoms with van der Waals surface area (Å²) in [5.41, 5.74) is 2.75. The van der Waals surface area contributed by atoms with Gasteiger partial charge in [-0.15, -0.1) is 0 Å².